The number of rotatable bonds is 7. The van der Waals surface area contributed by atoms with Gasteiger partial charge in [-0.1, -0.05) is 29.8 Å². The number of hydrogen-bond acceptors (Lipinski definition) is 2. The molecule has 1 rings (SSSR count). The van der Waals surface area contributed by atoms with E-state index >= 15 is 0 Å². The molecule has 2 nitrogen and oxygen atoms in total. The first-order chi connectivity index (χ1) is 8.92. The number of halogens is 3. The summed E-state index contributed by atoms with van der Waals surface area (Å²) in [5.74, 6) is 0. The summed E-state index contributed by atoms with van der Waals surface area (Å²) in [6, 6.07) is 8.25. The lowest BCUT2D eigenvalue weighted by Gasteiger charge is -2.17. The van der Waals surface area contributed by atoms with Crippen LogP contribution in [-0.4, -0.2) is 26.4 Å². The fourth-order valence-electron chi connectivity index (χ4n) is 1.94. The Balaban J connectivity index is 2.34. The summed E-state index contributed by atoms with van der Waals surface area (Å²) < 4.78 is 40.2. The molecule has 1 aromatic carbocycles. The first kappa shape index (κ1) is 16.0. The summed E-state index contributed by atoms with van der Waals surface area (Å²) >= 11 is 0. The standard InChI is InChI=1S/C14H20F3NO/c1-11-5-3-6-12(9-11)13(18-2)7-4-8-19-10-14(15,16)17/h3,5-6,9,13,18H,4,7-8,10H2,1-2H3. The molecule has 1 N–H and O–H groups in total. The van der Waals surface area contributed by atoms with Crippen LogP contribution in [0, 0.1) is 6.92 Å². The van der Waals surface area contributed by atoms with E-state index in [4.69, 9.17) is 0 Å². The molecule has 0 heterocycles. The van der Waals surface area contributed by atoms with Crippen molar-refractivity contribution in [3.8, 4) is 0 Å². The van der Waals surface area contributed by atoms with Crippen molar-refractivity contribution >= 4 is 0 Å². The zero-order valence-corrected chi connectivity index (χ0v) is 11.3. The minimum atomic E-state index is -4.24. The SMILES string of the molecule is CNC(CCCOCC(F)(F)F)c1cccc(C)c1. The van der Waals surface area contributed by atoms with Crippen LogP contribution in [0.15, 0.2) is 24.3 Å². The quantitative estimate of drug-likeness (QED) is 0.767. The average molecular weight is 275 g/mol. The van der Waals surface area contributed by atoms with Gasteiger partial charge in [0.05, 0.1) is 0 Å². The van der Waals surface area contributed by atoms with Crippen molar-refractivity contribution in [2.75, 3.05) is 20.3 Å². The van der Waals surface area contributed by atoms with Gasteiger partial charge in [-0.25, -0.2) is 0 Å². The van der Waals surface area contributed by atoms with Crippen LogP contribution in [0.2, 0.25) is 0 Å². The van der Waals surface area contributed by atoms with E-state index in [0.29, 0.717) is 6.42 Å². The van der Waals surface area contributed by atoms with Crippen LogP contribution >= 0.6 is 0 Å². The van der Waals surface area contributed by atoms with Crippen LogP contribution in [0.5, 0.6) is 0 Å². The van der Waals surface area contributed by atoms with Crippen LogP contribution in [0.3, 0.4) is 0 Å². The van der Waals surface area contributed by atoms with Gasteiger partial charge in [0.1, 0.15) is 6.61 Å². The molecule has 0 aliphatic rings. The summed E-state index contributed by atoms with van der Waals surface area (Å²) in [5, 5.41) is 3.17. The molecule has 108 valence electrons. The molecule has 0 radical (unpaired) electrons. The number of benzene rings is 1. The molecule has 1 unspecified atom stereocenters. The van der Waals surface area contributed by atoms with E-state index in [-0.39, 0.29) is 12.6 Å². The highest BCUT2D eigenvalue weighted by molar-refractivity contribution is 5.24. The normalized spacial score (nSPS) is 13.5. The Bertz CT molecular complexity index is 379. The molecule has 0 bridgehead atoms. The maximum absolute atomic E-state index is 11.9. The first-order valence-corrected chi connectivity index (χ1v) is 6.30. The van der Waals surface area contributed by atoms with Gasteiger partial charge in [0.15, 0.2) is 0 Å². The predicted molar refractivity (Wildman–Crippen MR) is 69.1 cm³/mol. The molecule has 0 aromatic heterocycles. The van der Waals surface area contributed by atoms with Crippen molar-refractivity contribution < 1.29 is 17.9 Å². The molecular formula is C14H20F3NO. The van der Waals surface area contributed by atoms with Gasteiger partial charge in [-0.2, -0.15) is 13.2 Å². The van der Waals surface area contributed by atoms with Gasteiger partial charge < -0.3 is 10.1 Å². The van der Waals surface area contributed by atoms with Gasteiger partial charge in [0.25, 0.3) is 0 Å². The Morgan fingerprint density at radius 1 is 1.32 bits per heavy atom. The van der Waals surface area contributed by atoms with Crippen molar-refractivity contribution in [3.63, 3.8) is 0 Å². The Hall–Kier alpha value is -1.07. The third kappa shape index (κ3) is 6.59. The molecule has 0 aliphatic carbocycles. The third-order valence-electron chi connectivity index (χ3n) is 2.84. The molecule has 0 spiro atoms. The van der Waals surface area contributed by atoms with Crippen molar-refractivity contribution in [3.05, 3.63) is 35.4 Å². The van der Waals surface area contributed by atoms with E-state index in [1.165, 1.54) is 5.56 Å². The summed E-state index contributed by atoms with van der Waals surface area (Å²) in [7, 11) is 1.85. The van der Waals surface area contributed by atoms with Crippen LogP contribution in [0.4, 0.5) is 13.2 Å². The van der Waals surface area contributed by atoms with Gasteiger partial charge in [-0.05, 0) is 32.4 Å². The smallest absolute Gasteiger partial charge is 0.372 e. The number of alkyl halides is 3. The fraction of sp³-hybridized carbons (Fsp3) is 0.571. The fourth-order valence-corrected chi connectivity index (χ4v) is 1.94. The molecule has 0 amide bonds. The summed E-state index contributed by atoms with van der Waals surface area (Å²) in [6.45, 7) is 0.980. The first-order valence-electron chi connectivity index (χ1n) is 6.30. The van der Waals surface area contributed by atoms with Gasteiger partial charge in [0.2, 0.25) is 0 Å². The summed E-state index contributed by atoms with van der Waals surface area (Å²) in [4.78, 5) is 0. The van der Waals surface area contributed by atoms with Crippen LogP contribution in [0.1, 0.15) is 30.0 Å². The van der Waals surface area contributed by atoms with Crippen LogP contribution in [0.25, 0.3) is 0 Å². The van der Waals surface area contributed by atoms with Gasteiger partial charge >= 0.3 is 6.18 Å². The maximum Gasteiger partial charge on any atom is 0.411 e. The lowest BCUT2D eigenvalue weighted by molar-refractivity contribution is -0.174. The minimum Gasteiger partial charge on any atom is -0.372 e. The van der Waals surface area contributed by atoms with Gasteiger partial charge in [-0.15, -0.1) is 0 Å². The number of hydrogen-bond donors (Lipinski definition) is 1. The van der Waals surface area contributed by atoms with E-state index < -0.39 is 12.8 Å². The van der Waals surface area contributed by atoms with E-state index in [9.17, 15) is 13.2 Å². The van der Waals surface area contributed by atoms with E-state index in [2.05, 4.69) is 16.1 Å². The minimum absolute atomic E-state index is 0.128. The number of aryl methyl sites for hydroxylation is 1. The third-order valence-corrected chi connectivity index (χ3v) is 2.84. The van der Waals surface area contributed by atoms with Crippen molar-refractivity contribution in [2.24, 2.45) is 0 Å². The topological polar surface area (TPSA) is 21.3 Å². The number of ether oxygens (including phenoxy) is 1. The lowest BCUT2D eigenvalue weighted by atomic mass is 10.0. The second-order valence-corrected chi connectivity index (χ2v) is 4.57. The largest absolute Gasteiger partial charge is 0.411 e. The molecule has 0 fully saturated rings. The monoisotopic (exact) mass is 275 g/mol. The second kappa shape index (κ2) is 7.50. The Morgan fingerprint density at radius 3 is 2.63 bits per heavy atom. The Morgan fingerprint density at radius 2 is 2.05 bits per heavy atom. The summed E-state index contributed by atoms with van der Waals surface area (Å²) in [5.41, 5.74) is 2.32. The van der Waals surface area contributed by atoms with E-state index in [1.54, 1.807) is 0 Å². The van der Waals surface area contributed by atoms with Crippen molar-refractivity contribution in [1.29, 1.82) is 0 Å². The van der Waals surface area contributed by atoms with Crippen molar-refractivity contribution in [1.82, 2.24) is 5.32 Å². The molecular weight excluding hydrogens is 255 g/mol. The second-order valence-electron chi connectivity index (χ2n) is 4.57. The zero-order valence-electron chi connectivity index (χ0n) is 11.3. The predicted octanol–water partition coefficient (Wildman–Crippen LogP) is 3.61. The molecule has 0 saturated heterocycles. The van der Waals surface area contributed by atoms with Crippen LogP contribution < -0.4 is 5.32 Å². The molecule has 19 heavy (non-hydrogen) atoms. The van der Waals surface area contributed by atoms with Gasteiger partial charge in [0, 0.05) is 12.6 Å². The lowest BCUT2D eigenvalue weighted by Crippen LogP contribution is -2.19. The zero-order chi connectivity index (χ0) is 14.3. The highest BCUT2D eigenvalue weighted by atomic mass is 19.4. The highest BCUT2D eigenvalue weighted by Crippen LogP contribution is 2.20. The maximum atomic E-state index is 11.9. The van der Waals surface area contributed by atoms with E-state index in [1.807, 2.05) is 32.2 Å². The number of nitrogens with one attached hydrogen (secondary N) is 1. The Labute approximate surface area is 112 Å². The Kier molecular flexibility index (Phi) is 6.31. The van der Waals surface area contributed by atoms with Crippen molar-refractivity contribution in [2.45, 2.75) is 32.0 Å². The molecule has 1 aromatic rings. The summed E-state index contributed by atoms with van der Waals surface area (Å²) in [6.07, 6.45) is -2.90. The molecule has 0 aliphatic heterocycles. The molecule has 1 atom stereocenters. The highest BCUT2D eigenvalue weighted by Gasteiger charge is 2.27. The van der Waals surface area contributed by atoms with Gasteiger partial charge in [-0.3, -0.25) is 0 Å². The molecule has 5 heteroatoms. The van der Waals surface area contributed by atoms with E-state index in [0.717, 1.165) is 12.0 Å². The average Bonchev–Trinajstić information content (AvgIpc) is 2.32. The molecule has 0 saturated carbocycles. The van der Waals surface area contributed by atoms with Crippen LogP contribution in [-0.2, 0) is 4.74 Å².